The van der Waals surface area contributed by atoms with E-state index >= 15 is 0 Å². The molecule has 0 spiro atoms. The maximum atomic E-state index is 12.4. The Bertz CT molecular complexity index is 892. The van der Waals surface area contributed by atoms with Gasteiger partial charge in [-0.3, -0.25) is 0 Å². The van der Waals surface area contributed by atoms with E-state index in [0.29, 0.717) is 18.7 Å². The van der Waals surface area contributed by atoms with Gasteiger partial charge in [0.15, 0.2) is 5.75 Å². The zero-order chi connectivity index (χ0) is 18.3. The fourth-order valence-corrected chi connectivity index (χ4v) is 3.28. The van der Waals surface area contributed by atoms with Gasteiger partial charge in [0.05, 0.1) is 11.8 Å². The molecule has 26 heavy (non-hydrogen) atoms. The number of amides is 2. The second-order valence-electron chi connectivity index (χ2n) is 6.49. The van der Waals surface area contributed by atoms with E-state index in [-0.39, 0.29) is 12.1 Å². The number of fused-ring (bicyclic) bond motifs is 2. The van der Waals surface area contributed by atoms with Gasteiger partial charge in [-0.1, -0.05) is 12.1 Å². The van der Waals surface area contributed by atoms with Gasteiger partial charge in [-0.15, -0.1) is 0 Å². The average Bonchev–Trinajstić information content (AvgIpc) is 3.04. The van der Waals surface area contributed by atoms with E-state index in [1.165, 1.54) is 5.01 Å². The quantitative estimate of drug-likeness (QED) is 0.609. The molecule has 1 atom stereocenters. The Morgan fingerprint density at radius 1 is 1.27 bits per heavy atom. The molecule has 0 aliphatic carbocycles. The van der Waals surface area contributed by atoms with Crippen molar-refractivity contribution >= 4 is 17.4 Å². The molecule has 2 aliphatic heterocycles. The van der Waals surface area contributed by atoms with Crippen LogP contribution in [0, 0.1) is 0 Å². The highest BCUT2D eigenvalue weighted by Crippen LogP contribution is 2.33. The molecule has 4 rings (SSSR count). The molecule has 134 valence electrons. The van der Waals surface area contributed by atoms with Gasteiger partial charge >= 0.3 is 6.03 Å². The minimum atomic E-state index is -0.245. The SMILES string of the molecule is CNC(=O)N1N=C(c2ccc(N)cc2)c2cc3c(cc2CC1C)OOC3. The second-order valence-corrected chi connectivity index (χ2v) is 6.49. The topological polar surface area (TPSA) is 89.2 Å². The Kier molecular flexibility index (Phi) is 4.00. The Hall–Kier alpha value is -3.06. The summed E-state index contributed by atoms with van der Waals surface area (Å²) in [5.41, 5.74) is 11.1. The minimum Gasteiger partial charge on any atom is -0.399 e. The lowest BCUT2D eigenvalue weighted by molar-refractivity contribution is -0.194. The maximum Gasteiger partial charge on any atom is 0.337 e. The number of nitrogens with one attached hydrogen (secondary N) is 1. The first-order chi connectivity index (χ1) is 12.6. The minimum absolute atomic E-state index is 0.111. The Labute approximate surface area is 151 Å². The van der Waals surface area contributed by atoms with Crippen molar-refractivity contribution < 1.29 is 14.6 Å². The summed E-state index contributed by atoms with van der Waals surface area (Å²) in [6.07, 6.45) is 0.654. The summed E-state index contributed by atoms with van der Waals surface area (Å²) in [5, 5.41) is 8.86. The third-order valence-corrected chi connectivity index (χ3v) is 4.65. The second kappa shape index (κ2) is 6.34. The van der Waals surface area contributed by atoms with Crippen LogP contribution in [0.4, 0.5) is 10.5 Å². The highest BCUT2D eigenvalue weighted by molar-refractivity contribution is 6.14. The monoisotopic (exact) mass is 352 g/mol. The van der Waals surface area contributed by atoms with Crippen molar-refractivity contribution in [3.8, 4) is 5.75 Å². The molecular weight excluding hydrogens is 332 g/mol. The number of anilines is 1. The van der Waals surface area contributed by atoms with Crippen LogP contribution in [0.5, 0.6) is 5.75 Å². The summed E-state index contributed by atoms with van der Waals surface area (Å²) in [4.78, 5) is 22.7. The largest absolute Gasteiger partial charge is 0.399 e. The normalized spacial score (nSPS) is 18.3. The number of nitrogen functional groups attached to an aromatic ring is 1. The summed E-state index contributed by atoms with van der Waals surface area (Å²) in [7, 11) is 1.60. The highest BCUT2D eigenvalue weighted by Gasteiger charge is 2.29. The molecule has 1 unspecified atom stereocenters. The number of rotatable bonds is 1. The molecule has 2 heterocycles. The lowest BCUT2D eigenvalue weighted by Crippen LogP contribution is -2.41. The molecule has 0 bridgehead atoms. The number of carbonyl (C=O) groups excluding carboxylic acids is 1. The van der Waals surface area contributed by atoms with Gasteiger partial charge in [0.2, 0.25) is 0 Å². The van der Waals surface area contributed by atoms with Crippen LogP contribution in [0.2, 0.25) is 0 Å². The van der Waals surface area contributed by atoms with E-state index in [9.17, 15) is 4.79 Å². The van der Waals surface area contributed by atoms with E-state index in [1.54, 1.807) is 7.05 Å². The summed E-state index contributed by atoms with van der Waals surface area (Å²) in [6.45, 7) is 2.37. The molecule has 2 aliphatic rings. The third-order valence-electron chi connectivity index (χ3n) is 4.65. The van der Waals surface area contributed by atoms with Gasteiger partial charge in [0.25, 0.3) is 0 Å². The number of nitrogens with zero attached hydrogens (tertiary/aromatic N) is 2. The summed E-state index contributed by atoms with van der Waals surface area (Å²) < 4.78 is 0. The zero-order valence-corrected chi connectivity index (χ0v) is 14.7. The van der Waals surface area contributed by atoms with Crippen LogP contribution >= 0.6 is 0 Å². The molecule has 2 amide bonds. The number of nitrogens with two attached hydrogens (primary N) is 1. The van der Waals surface area contributed by atoms with E-state index in [1.807, 2.05) is 43.3 Å². The lowest BCUT2D eigenvalue weighted by Gasteiger charge is -2.22. The molecule has 0 saturated heterocycles. The van der Waals surface area contributed by atoms with Crippen molar-refractivity contribution in [1.29, 1.82) is 0 Å². The number of benzene rings is 2. The standard InChI is InChI=1S/C19H20N4O3/c1-11-7-13-9-17-14(10-25-26-17)8-16(13)18(22-23(11)19(24)21-2)12-3-5-15(20)6-4-12/h3-6,8-9,11H,7,10,20H2,1-2H3,(H,21,24). The number of hydrogen-bond acceptors (Lipinski definition) is 5. The van der Waals surface area contributed by atoms with Crippen molar-refractivity contribution in [2.24, 2.45) is 5.10 Å². The molecule has 2 aromatic rings. The Morgan fingerprint density at radius 3 is 2.77 bits per heavy atom. The molecule has 0 saturated carbocycles. The van der Waals surface area contributed by atoms with Crippen molar-refractivity contribution in [3.05, 3.63) is 58.7 Å². The molecule has 3 N–H and O–H groups in total. The molecule has 7 nitrogen and oxygen atoms in total. The molecular formula is C19H20N4O3. The van der Waals surface area contributed by atoms with Crippen LogP contribution < -0.4 is 15.9 Å². The van der Waals surface area contributed by atoms with Crippen molar-refractivity contribution in [1.82, 2.24) is 10.3 Å². The van der Waals surface area contributed by atoms with Crippen molar-refractivity contribution in [2.75, 3.05) is 12.8 Å². The van der Waals surface area contributed by atoms with E-state index < -0.39 is 0 Å². The lowest BCUT2D eigenvalue weighted by atomic mass is 9.92. The van der Waals surface area contributed by atoms with Crippen LogP contribution in [0.15, 0.2) is 41.5 Å². The number of hydrazone groups is 1. The van der Waals surface area contributed by atoms with Crippen LogP contribution in [0.25, 0.3) is 0 Å². The van der Waals surface area contributed by atoms with Gasteiger partial charge in [-0.2, -0.15) is 9.99 Å². The van der Waals surface area contributed by atoms with Gasteiger partial charge in [0, 0.05) is 29.4 Å². The fraction of sp³-hybridized carbons (Fsp3) is 0.263. The third kappa shape index (κ3) is 2.76. The predicted molar refractivity (Wildman–Crippen MR) is 97.8 cm³/mol. The van der Waals surface area contributed by atoms with Gasteiger partial charge in [-0.05, 0) is 43.2 Å². The van der Waals surface area contributed by atoms with Gasteiger partial charge < -0.3 is 15.9 Å². The zero-order valence-electron chi connectivity index (χ0n) is 14.7. The van der Waals surface area contributed by atoms with Crippen LogP contribution in [-0.2, 0) is 17.9 Å². The average molecular weight is 352 g/mol. The first-order valence-electron chi connectivity index (χ1n) is 8.48. The fourth-order valence-electron chi connectivity index (χ4n) is 3.28. The van der Waals surface area contributed by atoms with Gasteiger partial charge in [0.1, 0.15) is 6.61 Å². The van der Waals surface area contributed by atoms with Crippen LogP contribution in [0.1, 0.15) is 29.2 Å². The summed E-state index contributed by atoms with van der Waals surface area (Å²) in [6, 6.07) is 11.1. The smallest absolute Gasteiger partial charge is 0.337 e. The summed E-state index contributed by atoms with van der Waals surface area (Å²) >= 11 is 0. The molecule has 0 fully saturated rings. The van der Waals surface area contributed by atoms with Crippen LogP contribution in [-0.4, -0.2) is 29.8 Å². The Balaban J connectivity index is 1.91. The van der Waals surface area contributed by atoms with Crippen molar-refractivity contribution in [2.45, 2.75) is 26.0 Å². The first kappa shape index (κ1) is 16.4. The molecule has 7 heteroatoms. The molecule has 2 aromatic carbocycles. The first-order valence-corrected chi connectivity index (χ1v) is 8.48. The number of hydrogen-bond donors (Lipinski definition) is 2. The predicted octanol–water partition coefficient (Wildman–Crippen LogP) is 2.43. The van der Waals surface area contributed by atoms with E-state index in [4.69, 9.17) is 20.6 Å². The Morgan fingerprint density at radius 2 is 2.04 bits per heavy atom. The summed E-state index contributed by atoms with van der Waals surface area (Å²) in [5.74, 6) is 0.723. The van der Waals surface area contributed by atoms with Crippen LogP contribution in [0.3, 0.4) is 0 Å². The highest BCUT2D eigenvalue weighted by atomic mass is 17.2. The molecule has 0 aromatic heterocycles. The van der Waals surface area contributed by atoms with Crippen molar-refractivity contribution in [3.63, 3.8) is 0 Å². The number of urea groups is 1. The number of carbonyl (C=O) groups is 1. The maximum absolute atomic E-state index is 12.4. The van der Waals surface area contributed by atoms with E-state index in [0.717, 1.165) is 33.7 Å². The molecule has 0 radical (unpaired) electrons. The van der Waals surface area contributed by atoms with Gasteiger partial charge in [-0.25, -0.2) is 9.80 Å². The van der Waals surface area contributed by atoms with E-state index in [2.05, 4.69) is 5.32 Å².